The number of anilines is 1. The highest BCUT2D eigenvalue weighted by Gasteiger charge is 2.21. The summed E-state index contributed by atoms with van der Waals surface area (Å²) < 4.78 is 1.80. The Hall–Kier alpha value is -1.96. The molecule has 1 aromatic rings. The van der Waals surface area contributed by atoms with Gasteiger partial charge in [0.2, 0.25) is 5.91 Å². The van der Waals surface area contributed by atoms with Gasteiger partial charge >= 0.3 is 0 Å². The summed E-state index contributed by atoms with van der Waals surface area (Å²) in [5, 5.41) is 9.26. The smallest absolute Gasteiger partial charge is 0.242 e. The van der Waals surface area contributed by atoms with E-state index in [-0.39, 0.29) is 12.5 Å². The van der Waals surface area contributed by atoms with Gasteiger partial charge in [-0.2, -0.15) is 5.26 Å². The lowest BCUT2D eigenvalue weighted by Crippen LogP contribution is -2.31. The topological polar surface area (TPSA) is 75.0 Å². The van der Waals surface area contributed by atoms with E-state index in [0.29, 0.717) is 17.3 Å². The van der Waals surface area contributed by atoms with Gasteiger partial charge in [0.25, 0.3) is 0 Å². The predicted molar refractivity (Wildman–Crippen MR) is 82.5 cm³/mol. The third-order valence-corrected chi connectivity index (χ3v) is 4.07. The number of amides is 1. The van der Waals surface area contributed by atoms with Crippen LogP contribution in [0.5, 0.6) is 0 Å². The first-order chi connectivity index (χ1) is 10.0. The SMILES string of the molecule is CC(C)CCc1c(N)cc(C#N)n1CC(=O)N1CCCC1. The van der Waals surface area contributed by atoms with Crippen LogP contribution in [-0.2, 0) is 17.8 Å². The van der Waals surface area contributed by atoms with Crippen molar-refractivity contribution in [3.8, 4) is 6.07 Å². The molecule has 0 spiro atoms. The van der Waals surface area contributed by atoms with Crippen molar-refractivity contribution in [2.24, 2.45) is 5.92 Å². The van der Waals surface area contributed by atoms with E-state index in [1.807, 2.05) is 4.90 Å². The summed E-state index contributed by atoms with van der Waals surface area (Å²) >= 11 is 0. The molecule has 5 heteroatoms. The summed E-state index contributed by atoms with van der Waals surface area (Å²) in [5.41, 5.74) is 8.07. The normalized spacial score (nSPS) is 14.7. The molecule has 0 aromatic carbocycles. The van der Waals surface area contributed by atoms with Crippen LogP contribution in [0.1, 0.15) is 44.5 Å². The van der Waals surface area contributed by atoms with Crippen LogP contribution in [0.4, 0.5) is 5.69 Å². The molecule has 0 atom stereocenters. The van der Waals surface area contributed by atoms with Crippen LogP contribution in [0, 0.1) is 17.2 Å². The second kappa shape index (κ2) is 6.66. The molecule has 2 heterocycles. The largest absolute Gasteiger partial charge is 0.397 e. The van der Waals surface area contributed by atoms with E-state index < -0.39 is 0 Å². The van der Waals surface area contributed by atoms with Gasteiger partial charge in [0.15, 0.2) is 0 Å². The van der Waals surface area contributed by atoms with E-state index in [1.54, 1.807) is 10.6 Å². The van der Waals surface area contributed by atoms with Crippen LogP contribution in [0.3, 0.4) is 0 Å². The second-order valence-electron chi connectivity index (χ2n) is 6.15. The Balaban J connectivity index is 2.19. The number of aromatic nitrogens is 1. The molecule has 5 nitrogen and oxygen atoms in total. The monoisotopic (exact) mass is 288 g/mol. The van der Waals surface area contributed by atoms with Gasteiger partial charge in [-0.05, 0) is 37.7 Å². The number of likely N-dealkylation sites (tertiary alicyclic amines) is 1. The summed E-state index contributed by atoms with van der Waals surface area (Å²) in [5.74, 6) is 0.651. The van der Waals surface area contributed by atoms with E-state index in [4.69, 9.17) is 5.73 Å². The van der Waals surface area contributed by atoms with Crippen molar-refractivity contribution < 1.29 is 4.79 Å². The molecule has 0 aliphatic carbocycles. The van der Waals surface area contributed by atoms with E-state index in [1.165, 1.54) is 0 Å². The first-order valence-electron chi connectivity index (χ1n) is 7.68. The number of nitrogens with zero attached hydrogens (tertiary/aromatic N) is 3. The zero-order valence-electron chi connectivity index (χ0n) is 12.9. The standard InChI is InChI=1S/C16H24N4O/c1-12(2)5-6-15-14(18)9-13(10-17)20(15)11-16(21)19-7-3-4-8-19/h9,12H,3-8,11,18H2,1-2H3. The van der Waals surface area contributed by atoms with E-state index in [2.05, 4.69) is 19.9 Å². The van der Waals surface area contributed by atoms with Crippen molar-refractivity contribution in [3.05, 3.63) is 17.5 Å². The molecule has 2 rings (SSSR count). The highest BCUT2D eigenvalue weighted by atomic mass is 16.2. The molecule has 1 aromatic heterocycles. The van der Waals surface area contributed by atoms with Crippen molar-refractivity contribution in [3.63, 3.8) is 0 Å². The van der Waals surface area contributed by atoms with E-state index in [9.17, 15) is 10.1 Å². The maximum absolute atomic E-state index is 12.3. The zero-order chi connectivity index (χ0) is 15.4. The Kier molecular flexibility index (Phi) is 4.89. The number of nitrogen functional groups attached to an aromatic ring is 1. The van der Waals surface area contributed by atoms with E-state index in [0.717, 1.165) is 44.5 Å². The fraction of sp³-hybridized carbons (Fsp3) is 0.625. The lowest BCUT2D eigenvalue weighted by atomic mass is 10.1. The highest BCUT2D eigenvalue weighted by Crippen LogP contribution is 2.22. The lowest BCUT2D eigenvalue weighted by Gasteiger charge is -2.18. The number of carbonyl (C=O) groups excluding carboxylic acids is 1. The van der Waals surface area contributed by atoms with Crippen LogP contribution in [0.2, 0.25) is 0 Å². The van der Waals surface area contributed by atoms with Crippen molar-refractivity contribution in [2.45, 2.75) is 46.1 Å². The summed E-state index contributed by atoms with van der Waals surface area (Å²) in [6.07, 6.45) is 3.95. The average molecular weight is 288 g/mol. The van der Waals surface area contributed by atoms with E-state index >= 15 is 0 Å². The number of carbonyl (C=O) groups is 1. The van der Waals surface area contributed by atoms with Crippen LogP contribution >= 0.6 is 0 Å². The third-order valence-electron chi connectivity index (χ3n) is 4.07. The van der Waals surface area contributed by atoms with Gasteiger partial charge < -0.3 is 15.2 Å². The number of rotatable bonds is 5. The first-order valence-corrected chi connectivity index (χ1v) is 7.68. The summed E-state index contributed by atoms with van der Waals surface area (Å²) in [4.78, 5) is 14.2. The quantitative estimate of drug-likeness (QED) is 0.902. The molecule has 1 saturated heterocycles. The second-order valence-corrected chi connectivity index (χ2v) is 6.15. The number of nitrogens with two attached hydrogens (primary N) is 1. The van der Waals surface area contributed by atoms with Gasteiger partial charge in [0.1, 0.15) is 18.3 Å². The van der Waals surface area contributed by atoms with Gasteiger partial charge in [0, 0.05) is 18.8 Å². The molecule has 1 aliphatic rings. The highest BCUT2D eigenvalue weighted by molar-refractivity contribution is 5.77. The average Bonchev–Trinajstić information content (AvgIpc) is 3.05. The predicted octanol–water partition coefficient (Wildman–Crippen LogP) is 2.15. The molecule has 0 radical (unpaired) electrons. The molecular weight excluding hydrogens is 264 g/mol. The molecule has 2 N–H and O–H groups in total. The molecule has 0 saturated carbocycles. The maximum atomic E-state index is 12.3. The fourth-order valence-electron chi connectivity index (χ4n) is 2.79. The molecule has 1 fully saturated rings. The molecule has 0 unspecified atom stereocenters. The number of hydrogen-bond acceptors (Lipinski definition) is 3. The van der Waals surface area contributed by atoms with Crippen LogP contribution in [0.15, 0.2) is 6.07 Å². The Morgan fingerprint density at radius 1 is 1.43 bits per heavy atom. The van der Waals surface area contributed by atoms with Gasteiger partial charge in [-0.15, -0.1) is 0 Å². The molecule has 1 amide bonds. The Bertz CT molecular complexity index is 547. The zero-order valence-corrected chi connectivity index (χ0v) is 12.9. The van der Waals surface area contributed by atoms with Gasteiger partial charge in [0.05, 0.1) is 5.69 Å². The number of hydrogen-bond donors (Lipinski definition) is 1. The first kappa shape index (κ1) is 15.4. The Labute approximate surface area is 126 Å². The van der Waals surface area contributed by atoms with Gasteiger partial charge in [-0.25, -0.2) is 0 Å². The third kappa shape index (κ3) is 3.57. The maximum Gasteiger partial charge on any atom is 0.242 e. The summed E-state index contributed by atoms with van der Waals surface area (Å²) in [6.45, 7) is 6.21. The Morgan fingerprint density at radius 3 is 2.67 bits per heavy atom. The fourth-order valence-corrected chi connectivity index (χ4v) is 2.79. The van der Waals surface area contributed by atoms with Crippen molar-refractivity contribution in [1.82, 2.24) is 9.47 Å². The van der Waals surface area contributed by atoms with Crippen molar-refractivity contribution in [1.29, 1.82) is 5.26 Å². The summed E-state index contributed by atoms with van der Waals surface area (Å²) in [6, 6.07) is 3.84. The van der Waals surface area contributed by atoms with Gasteiger partial charge in [-0.1, -0.05) is 13.8 Å². The van der Waals surface area contributed by atoms with Gasteiger partial charge in [-0.3, -0.25) is 4.79 Å². The van der Waals surface area contributed by atoms with Crippen molar-refractivity contribution >= 4 is 11.6 Å². The Morgan fingerprint density at radius 2 is 2.10 bits per heavy atom. The van der Waals surface area contributed by atoms with Crippen molar-refractivity contribution in [2.75, 3.05) is 18.8 Å². The lowest BCUT2D eigenvalue weighted by molar-refractivity contribution is -0.130. The number of nitriles is 1. The molecule has 0 bridgehead atoms. The molecular formula is C16H24N4O. The minimum Gasteiger partial charge on any atom is -0.397 e. The van der Waals surface area contributed by atoms with Crippen LogP contribution in [-0.4, -0.2) is 28.5 Å². The van der Waals surface area contributed by atoms with Crippen LogP contribution < -0.4 is 5.73 Å². The van der Waals surface area contributed by atoms with Crippen LogP contribution in [0.25, 0.3) is 0 Å². The molecule has 1 aliphatic heterocycles. The summed E-state index contributed by atoms with van der Waals surface area (Å²) in [7, 11) is 0. The minimum atomic E-state index is 0.0883. The molecule has 114 valence electrons. The minimum absolute atomic E-state index is 0.0883. The molecule has 21 heavy (non-hydrogen) atoms.